The van der Waals surface area contributed by atoms with Gasteiger partial charge in [-0.2, -0.15) is 0 Å². The molecule has 0 aromatic carbocycles. The topological polar surface area (TPSA) is 35.6 Å². The molecular formula is C15H29N3O. The van der Waals surface area contributed by atoms with Crippen LogP contribution in [0.25, 0.3) is 0 Å². The van der Waals surface area contributed by atoms with E-state index < -0.39 is 0 Å². The Balaban J connectivity index is 1.71. The quantitative estimate of drug-likeness (QED) is 0.851. The molecule has 110 valence electrons. The molecule has 4 nitrogen and oxygen atoms in total. The summed E-state index contributed by atoms with van der Waals surface area (Å²) in [6, 6.07) is 0.246. The van der Waals surface area contributed by atoms with E-state index in [0.717, 1.165) is 45.1 Å². The van der Waals surface area contributed by atoms with Crippen molar-refractivity contribution in [2.75, 3.05) is 39.8 Å². The van der Waals surface area contributed by atoms with Gasteiger partial charge in [0.25, 0.3) is 0 Å². The molecule has 0 aliphatic carbocycles. The Bertz CT molecular complexity index is 269. The van der Waals surface area contributed by atoms with E-state index in [2.05, 4.69) is 10.2 Å². The molecule has 2 aliphatic rings. The summed E-state index contributed by atoms with van der Waals surface area (Å²) in [5.74, 6) is 0.806. The molecule has 0 unspecified atom stereocenters. The van der Waals surface area contributed by atoms with Crippen LogP contribution in [-0.2, 0) is 0 Å². The number of hydrogen-bond donors (Lipinski definition) is 1. The highest BCUT2D eigenvalue weighted by Gasteiger charge is 2.20. The molecule has 1 N–H and O–H groups in total. The van der Waals surface area contributed by atoms with E-state index >= 15 is 0 Å². The van der Waals surface area contributed by atoms with Crippen molar-refractivity contribution in [3.05, 3.63) is 0 Å². The molecule has 0 spiro atoms. The number of piperidine rings is 1. The van der Waals surface area contributed by atoms with Gasteiger partial charge in [-0.05, 0) is 51.1 Å². The summed E-state index contributed by atoms with van der Waals surface area (Å²) in [4.78, 5) is 16.4. The minimum absolute atomic E-state index is 0.246. The number of likely N-dealkylation sites (tertiary alicyclic amines) is 1. The first kappa shape index (κ1) is 14.6. The predicted octanol–water partition coefficient (Wildman–Crippen LogP) is 2.30. The van der Waals surface area contributed by atoms with Crippen molar-refractivity contribution < 1.29 is 4.79 Å². The third-order valence-electron chi connectivity index (χ3n) is 4.53. The molecule has 19 heavy (non-hydrogen) atoms. The Morgan fingerprint density at radius 2 is 1.79 bits per heavy atom. The van der Waals surface area contributed by atoms with E-state index in [1.165, 1.54) is 38.5 Å². The highest BCUT2D eigenvalue weighted by molar-refractivity contribution is 5.74. The predicted molar refractivity (Wildman–Crippen MR) is 78.3 cm³/mol. The Labute approximate surface area is 117 Å². The van der Waals surface area contributed by atoms with Crippen molar-refractivity contribution in [1.29, 1.82) is 0 Å². The molecule has 4 heteroatoms. The zero-order valence-corrected chi connectivity index (χ0v) is 12.4. The maximum atomic E-state index is 12.4. The summed E-state index contributed by atoms with van der Waals surface area (Å²) < 4.78 is 0. The fourth-order valence-corrected chi connectivity index (χ4v) is 3.15. The molecule has 2 amide bonds. The number of amides is 2. The van der Waals surface area contributed by atoms with Gasteiger partial charge in [-0.3, -0.25) is 0 Å². The number of carbonyl (C=O) groups is 1. The van der Waals surface area contributed by atoms with Gasteiger partial charge in [0.15, 0.2) is 0 Å². The Morgan fingerprint density at radius 3 is 2.42 bits per heavy atom. The van der Waals surface area contributed by atoms with Crippen LogP contribution >= 0.6 is 0 Å². The van der Waals surface area contributed by atoms with Crippen LogP contribution in [0.3, 0.4) is 0 Å². The Hall–Kier alpha value is -0.770. The van der Waals surface area contributed by atoms with Crippen LogP contribution in [0.4, 0.5) is 4.79 Å². The summed E-state index contributed by atoms with van der Waals surface area (Å²) in [5.41, 5.74) is 0. The van der Waals surface area contributed by atoms with E-state index in [1.807, 2.05) is 11.9 Å². The summed E-state index contributed by atoms with van der Waals surface area (Å²) in [6.07, 6.45) is 8.61. The number of nitrogens with one attached hydrogen (secondary N) is 1. The molecule has 0 radical (unpaired) electrons. The van der Waals surface area contributed by atoms with Crippen LogP contribution in [0.2, 0.25) is 0 Å². The average Bonchev–Trinajstić information content (AvgIpc) is 2.74. The van der Waals surface area contributed by atoms with Crippen LogP contribution in [0.1, 0.15) is 44.9 Å². The molecule has 2 aliphatic heterocycles. The number of rotatable bonds is 3. The van der Waals surface area contributed by atoms with E-state index in [4.69, 9.17) is 0 Å². The number of urea groups is 1. The van der Waals surface area contributed by atoms with E-state index in [1.54, 1.807) is 0 Å². The van der Waals surface area contributed by atoms with Gasteiger partial charge in [-0.15, -0.1) is 0 Å². The first-order chi connectivity index (χ1) is 9.27. The molecule has 0 saturated carbocycles. The maximum Gasteiger partial charge on any atom is 0.319 e. The van der Waals surface area contributed by atoms with Crippen molar-refractivity contribution in [2.45, 2.75) is 44.9 Å². The molecule has 2 saturated heterocycles. The second kappa shape index (κ2) is 7.73. The zero-order chi connectivity index (χ0) is 13.5. The number of carbonyl (C=O) groups excluding carboxylic acids is 1. The number of nitrogens with zero attached hydrogens (tertiary/aromatic N) is 2. The minimum atomic E-state index is 0.246. The smallest absolute Gasteiger partial charge is 0.319 e. The standard InChI is InChI=1S/C15H29N3O/c1-17(13-8-14-6-9-16-10-7-14)15(19)18-11-4-2-3-5-12-18/h14,16H,2-13H2,1H3. The highest BCUT2D eigenvalue weighted by atomic mass is 16.2. The molecule has 2 fully saturated rings. The summed E-state index contributed by atoms with van der Waals surface area (Å²) in [7, 11) is 1.97. The first-order valence-corrected chi connectivity index (χ1v) is 7.98. The van der Waals surface area contributed by atoms with Crippen LogP contribution in [0.15, 0.2) is 0 Å². The van der Waals surface area contributed by atoms with Gasteiger partial charge < -0.3 is 15.1 Å². The number of hydrogen-bond acceptors (Lipinski definition) is 2. The van der Waals surface area contributed by atoms with Crippen LogP contribution < -0.4 is 5.32 Å². The normalized spacial score (nSPS) is 22.1. The van der Waals surface area contributed by atoms with Gasteiger partial charge in [0, 0.05) is 26.7 Å². The van der Waals surface area contributed by atoms with Gasteiger partial charge in [0.1, 0.15) is 0 Å². The molecule has 2 heterocycles. The van der Waals surface area contributed by atoms with Crippen LogP contribution in [0, 0.1) is 5.92 Å². The highest BCUT2D eigenvalue weighted by Crippen LogP contribution is 2.17. The summed E-state index contributed by atoms with van der Waals surface area (Å²) >= 11 is 0. The first-order valence-electron chi connectivity index (χ1n) is 7.98. The second-order valence-electron chi connectivity index (χ2n) is 6.09. The molecule has 0 aromatic rings. The minimum Gasteiger partial charge on any atom is -0.328 e. The lowest BCUT2D eigenvalue weighted by Gasteiger charge is -2.29. The van der Waals surface area contributed by atoms with Crippen molar-refractivity contribution in [1.82, 2.24) is 15.1 Å². The third-order valence-corrected chi connectivity index (χ3v) is 4.53. The molecular weight excluding hydrogens is 238 g/mol. The van der Waals surface area contributed by atoms with Gasteiger partial charge in [-0.1, -0.05) is 12.8 Å². The lowest BCUT2D eigenvalue weighted by atomic mass is 9.94. The maximum absolute atomic E-state index is 12.4. The molecule has 0 aromatic heterocycles. The van der Waals surface area contributed by atoms with Crippen molar-refractivity contribution in [2.24, 2.45) is 5.92 Å². The average molecular weight is 267 g/mol. The van der Waals surface area contributed by atoms with Gasteiger partial charge in [-0.25, -0.2) is 4.79 Å². The summed E-state index contributed by atoms with van der Waals surface area (Å²) in [5, 5.41) is 3.39. The van der Waals surface area contributed by atoms with Crippen molar-refractivity contribution in [3.63, 3.8) is 0 Å². The summed E-state index contributed by atoms with van der Waals surface area (Å²) in [6.45, 7) is 5.12. The van der Waals surface area contributed by atoms with Crippen molar-refractivity contribution in [3.8, 4) is 0 Å². The fraction of sp³-hybridized carbons (Fsp3) is 0.933. The third kappa shape index (κ3) is 4.68. The van der Waals surface area contributed by atoms with Crippen molar-refractivity contribution >= 4 is 6.03 Å². The molecule has 2 rings (SSSR count). The molecule has 0 bridgehead atoms. The second-order valence-corrected chi connectivity index (χ2v) is 6.09. The zero-order valence-electron chi connectivity index (χ0n) is 12.4. The van der Waals surface area contributed by atoms with E-state index in [9.17, 15) is 4.79 Å². The van der Waals surface area contributed by atoms with Gasteiger partial charge in [0.05, 0.1) is 0 Å². The largest absolute Gasteiger partial charge is 0.328 e. The Kier molecular flexibility index (Phi) is 5.95. The fourth-order valence-electron chi connectivity index (χ4n) is 3.15. The monoisotopic (exact) mass is 267 g/mol. The Morgan fingerprint density at radius 1 is 1.16 bits per heavy atom. The van der Waals surface area contributed by atoms with Gasteiger partial charge in [0.2, 0.25) is 0 Å². The van der Waals surface area contributed by atoms with Crippen LogP contribution in [0.5, 0.6) is 0 Å². The van der Waals surface area contributed by atoms with Crippen LogP contribution in [-0.4, -0.2) is 55.6 Å². The molecule has 0 atom stereocenters. The lowest BCUT2D eigenvalue weighted by molar-refractivity contribution is 0.160. The van der Waals surface area contributed by atoms with Gasteiger partial charge >= 0.3 is 6.03 Å². The lowest BCUT2D eigenvalue weighted by Crippen LogP contribution is -2.42. The SMILES string of the molecule is CN(CCC1CCNCC1)C(=O)N1CCCCCC1. The van der Waals surface area contributed by atoms with E-state index in [-0.39, 0.29) is 6.03 Å². The van der Waals surface area contributed by atoms with E-state index in [0.29, 0.717) is 0 Å².